The molecule has 0 N–H and O–H groups in total. The third-order valence-electron chi connectivity index (χ3n) is 4.71. The number of rotatable bonds is 2. The Balaban J connectivity index is 1.96. The van der Waals surface area contributed by atoms with Crippen molar-refractivity contribution in [3.8, 4) is 11.1 Å². The predicted octanol–water partition coefficient (Wildman–Crippen LogP) is 5.06. The van der Waals surface area contributed by atoms with Crippen molar-refractivity contribution >= 4 is 23.6 Å². The zero-order valence-corrected chi connectivity index (χ0v) is 14.2. The molecule has 22 heavy (non-hydrogen) atoms. The van der Waals surface area contributed by atoms with Crippen molar-refractivity contribution in [1.82, 2.24) is 0 Å². The Morgan fingerprint density at radius 2 is 1.14 bits per heavy atom. The van der Waals surface area contributed by atoms with Gasteiger partial charge in [0.05, 0.1) is 0 Å². The Morgan fingerprint density at radius 1 is 0.682 bits per heavy atom. The summed E-state index contributed by atoms with van der Waals surface area (Å²) in [6, 6.07) is 28.0. The Morgan fingerprint density at radius 3 is 1.68 bits per heavy atom. The van der Waals surface area contributed by atoms with Crippen LogP contribution < -0.4 is 5.19 Å². The van der Waals surface area contributed by atoms with Crippen LogP contribution >= 0.6 is 11.1 Å². The summed E-state index contributed by atoms with van der Waals surface area (Å²) in [5, 5.41) is 1.30. The van der Waals surface area contributed by atoms with Gasteiger partial charge in [0.25, 0.3) is 0 Å². The van der Waals surface area contributed by atoms with E-state index < -0.39 is 7.38 Å². The minimum Gasteiger partial charge on any atom is -0.160 e. The fraction of sp³-hybridized carbons (Fsp3) is 0.100. The molecule has 1 atom stereocenters. The van der Waals surface area contributed by atoms with Crippen LogP contribution in [0.3, 0.4) is 0 Å². The highest BCUT2D eigenvalue weighted by molar-refractivity contribution is 7.27. The molecule has 0 radical (unpaired) electrons. The van der Waals surface area contributed by atoms with E-state index in [1.165, 1.54) is 27.4 Å². The van der Waals surface area contributed by atoms with Crippen LogP contribution in [-0.2, 0) is 0 Å². The normalized spacial score (nSPS) is 15.9. The molecule has 0 saturated carbocycles. The summed E-state index contributed by atoms with van der Waals surface area (Å²) in [6.07, 6.45) is 0. The Labute approximate surface area is 137 Å². The quantitative estimate of drug-likeness (QED) is 0.457. The second-order valence-electron chi connectivity index (χ2n) is 6.05. The first-order valence-corrected chi connectivity index (χ1v) is 11.2. The van der Waals surface area contributed by atoms with E-state index in [1.807, 2.05) is 0 Å². The molecule has 0 amide bonds. The zero-order valence-electron chi connectivity index (χ0n) is 12.5. The lowest BCUT2D eigenvalue weighted by Gasteiger charge is -2.29. The number of hydrogen-bond acceptors (Lipinski definition) is 0. The minimum absolute atomic E-state index is 0.309. The fourth-order valence-corrected chi connectivity index (χ4v) is 7.60. The van der Waals surface area contributed by atoms with Crippen LogP contribution in [0.5, 0.6) is 0 Å². The van der Waals surface area contributed by atoms with Gasteiger partial charge in [-0.05, 0) is 27.4 Å². The summed E-state index contributed by atoms with van der Waals surface area (Å²) in [4.78, 5) is 0. The van der Waals surface area contributed by atoms with Gasteiger partial charge < -0.3 is 0 Å². The van der Waals surface area contributed by atoms with Gasteiger partial charge in [0.1, 0.15) is 0 Å². The molecule has 108 valence electrons. The van der Waals surface area contributed by atoms with Crippen LogP contribution in [0.2, 0.25) is 6.55 Å². The zero-order chi connectivity index (χ0) is 15.2. The van der Waals surface area contributed by atoms with Gasteiger partial charge in [-0.1, -0.05) is 85.4 Å². The second kappa shape index (κ2) is 5.11. The van der Waals surface area contributed by atoms with Crippen LogP contribution in [0, 0.1) is 0 Å². The van der Waals surface area contributed by atoms with Crippen molar-refractivity contribution < 1.29 is 0 Å². The van der Waals surface area contributed by atoms with Crippen molar-refractivity contribution in [3.63, 3.8) is 0 Å². The molecule has 1 aliphatic rings. The third-order valence-corrected chi connectivity index (χ3v) is 9.19. The molecule has 2 heteroatoms. The first-order valence-electron chi connectivity index (χ1n) is 7.62. The molecule has 0 aromatic heterocycles. The number of hydrogen-bond donors (Lipinski definition) is 0. The standard InChI is InChI=1S/C20H17ClSi/c1-22(21,15-9-3-2-4-10-15)20-18-13-7-5-11-16(18)17-12-6-8-14-19(17)20/h2-14,20H,1H3. The van der Waals surface area contributed by atoms with Crippen molar-refractivity contribution in [3.05, 3.63) is 90.0 Å². The molecule has 4 rings (SSSR count). The molecule has 0 nitrogen and oxygen atoms in total. The highest BCUT2D eigenvalue weighted by Gasteiger charge is 2.44. The summed E-state index contributed by atoms with van der Waals surface area (Å²) in [6.45, 7) is 2.27. The summed E-state index contributed by atoms with van der Waals surface area (Å²) in [5.41, 5.74) is 5.77. The van der Waals surface area contributed by atoms with Gasteiger partial charge in [0.2, 0.25) is 0 Å². The Bertz CT molecular complexity index is 778. The average molecular weight is 321 g/mol. The van der Waals surface area contributed by atoms with Crippen LogP contribution in [0.1, 0.15) is 16.7 Å². The Kier molecular flexibility index (Phi) is 3.21. The molecular formula is C20H17ClSi. The molecule has 3 aromatic carbocycles. The minimum atomic E-state index is -2.18. The van der Waals surface area contributed by atoms with E-state index in [0.717, 1.165) is 0 Å². The maximum absolute atomic E-state index is 7.26. The molecule has 0 bridgehead atoms. The molecule has 1 unspecified atom stereocenters. The van der Waals surface area contributed by atoms with Crippen LogP contribution in [-0.4, -0.2) is 7.38 Å². The van der Waals surface area contributed by atoms with Gasteiger partial charge in [0, 0.05) is 5.54 Å². The average Bonchev–Trinajstić information content (AvgIpc) is 2.91. The lowest BCUT2D eigenvalue weighted by Crippen LogP contribution is -2.45. The van der Waals surface area contributed by atoms with Gasteiger partial charge in [-0.2, -0.15) is 11.1 Å². The summed E-state index contributed by atoms with van der Waals surface area (Å²) < 4.78 is 0. The van der Waals surface area contributed by atoms with E-state index in [0.29, 0.717) is 5.54 Å². The van der Waals surface area contributed by atoms with Crippen LogP contribution in [0.15, 0.2) is 78.9 Å². The van der Waals surface area contributed by atoms with Gasteiger partial charge in [-0.3, -0.25) is 0 Å². The first kappa shape index (κ1) is 13.8. The van der Waals surface area contributed by atoms with Gasteiger partial charge in [-0.15, -0.1) is 0 Å². The van der Waals surface area contributed by atoms with Crippen molar-refractivity contribution in [2.24, 2.45) is 0 Å². The molecule has 1 aliphatic carbocycles. The van der Waals surface area contributed by atoms with E-state index in [1.54, 1.807) is 0 Å². The molecule has 3 aromatic rings. The highest BCUT2D eigenvalue weighted by Crippen LogP contribution is 2.49. The smallest absolute Gasteiger partial charge is 0.160 e. The second-order valence-corrected chi connectivity index (χ2v) is 11.7. The number of fused-ring (bicyclic) bond motifs is 3. The molecule has 0 heterocycles. The van der Waals surface area contributed by atoms with E-state index in [-0.39, 0.29) is 0 Å². The van der Waals surface area contributed by atoms with Crippen LogP contribution in [0.25, 0.3) is 11.1 Å². The molecule has 0 fully saturated rings. The van der Waals surface area contributed by atoms with Crippen molar-refractivity contribution in [2.75, 3.05) is 0 Å². The number of benzene rings is 3. The molecule has 0 spiro atoms. The number of halogens is 1. The maximum atomic E-state index is 7.26. The Hall–Kier alpha value is -1.83. The topological polar surface area (TPSA) is 0 Å². The highest BCUT2D eigenvalue weighted by atomic mass is 35.6. The summed E-state index contributed by atoms with van der Waals surface area (Å²) in [7, 11) is -2.18. The van der Waals surface area contributed by atoms with Crippen molar-refractivity contribution in [2.45, 2.75) is 12.1 Å². The van der Waals surface area contributed by atoms with E-state index in [2.05, 4.69) is 85.4 Å². The summed E-state index contributed by atoms with van der Waals surface area (Å²) >= 11 is 7.26. The van der Waals surface area contributed by atoms with Gasteiger partial charge >= 0.3 is 0 Å². The third kappa shape index (κ3) is 1.97. The van der Waals surface area contributed by atoms with Gasteiger partial charge in [-0.25, -0.2) is 0 Å². The SMILES string of the molecule is C[Si](Cl)(c1ccccc1)C1c2ccccc2-c2ccccc21. The molecule has 0 aliphatic heterocycles. The van der Waals surface area contributed by atoms with E-state index >= 15 is 0 Å². The van der Waals surface area contributed by atoms with Gasteiger partial charge in [0.15, 0.2) is 7.38 Å². The first-order chi connectivity index (χ1) is 10.7. The van der Waals surface area contributed by atoms with Crippen molar-refractivity contribution in [1.29, 1.82) is 0 Å². The van der Waals surface area contributed by atoms with Crippen LogP contribution in [0.4, 0.5) is 0 Å². The predicted molar refractivity (Wildman–Crippen MR) is 97.3 cm³/mol. The lowest BCUT2D eigenvalue weighted by atomic mass is 10.1. The molecule has 0 saturated heterocycles. The van der Waals surface area contributed by atoms with E-state index in [9.17, 15) is 0 Å². The lowest BCUT2D eigenvalue weighted by molar-refractivity contribution is 1.16. The maximum Gasteiger partial charge on any atom is 0.195 e. The summed E-state index contributed by atoms with van der Waals surface area (Å²) in [5.74, 6) is 0. The largest absolute Gasteiger partial charge is 0.195 e. The van der Waals surface area contributed by atoms with E-state index in [4.69, 9.17) is 11.1 Å². The fourth-order valence-electron chi connectivity index (χ4n) is 3.67. The monoisotopic (exact) mass is 320 g/mol. The molecular weight excluding hydrogens is 304 g/mol.